The second-order valence-corrected chi connectivity index (χ2v) is 3.20. The van der Waals surface area contributed by atoms with Crippen molar-refractivity contribution >= 4 is 11.6 Å². The number of phenols is 2. The summed E-state index contributed by atoms with van der Waals surface area (Å²) in [7, 11) is 0. The van der Waals surface area contributed by atoms with E-state index >= 15 is 0 Å². The predicted molar refractivity (Wildman–Crippen MR) is 47.7 cm³/mol. The minimum atomic E-state index is -0.298. The van der Waals surface area contributed by atoms with Gasteiger partial charge in [-0.25, -0.2) is 0 Å². The van der Waals surface area contributed by atoms with E-state index in [2.05, 4.69) is 0 Å². The van der Waals surface area contributed by atoms with E-state index in [0.717, 1.165) is 0 Å². The monoisotopic (exact) mass is 192 g/mol. The van der Waals surface area contributed by atoms with Gasteiger partial charge in [0.05, 0.1) is 11.1 Å². The minimum Gasteiger partial charge on any atom is -0.507 e. The first kappa shape index (κ1) is 8.74. The van der Waals surface area contributed by atoms with Gasteiger partial charge < -0.3 is 10.2 Å². The molecule has 14 heavy (non-hydrogen) atoms. The second-order valence-electron chi connectivity index (χ2n) is 3.20. The Balaban J connectivity index is 2.77. The van der Waals surface area contributed by atoms with Gasteiger partial charge in [-0.2, -0.15) is 0 Å². The van der Waals surface area contributed by atoms with E-state index in [0.29, 0.717) is 0 Å². The molecule has 2 N–H and O–H groups in total. The van der Waals surface area contributed by atoms with Gasteiger partial charge in [0.15, 0.2) is 11.6 Å². The molecule has 1 aromatic rings. The third-order valence-electron chi connectivity index (χ3n) is 2.30. The summed E-state index contributed by atoms with van der Waals surface area (Å²) in [5.41, 5.74) is -0.0810. The fourth-order valence-electron chi connectivity index (χ4n) is 1.62. The zero-order chi connectivity index (χ0) is 10.3. The van der Waals surface area contributed by atoms with Crippen molar-refractivity contribution in [2.75, 3.05) is 0 Å². The Morgan fingerprint density at radius 3 is 1.57 bits per heavy atom. The quantitative estimate of drug-likeness (QED) is 0.607. The van der Waals surface area contributed by atoms with Gasteiger partial charge in [0.25, 0.3) is 0 Å². The molecule has 4 nitrogen and oxygen atoms in total. The summed E-state index contributed by atoms with van der Waals surface area (Å²) in [6.45, 7) is 0. The Morgan fingerprint density at radius 2 is 1.21 bits per heavy atom. The van der Waals surface area contributed by atoms with E-state index in [1.807, 2.05) is 0 Å². The van der Waals surface area contributed by atoms with Gasteiger partial charge in [0.1, 0.15) is 11.5 Å². The largest absolute Gasteiger partial charge is 0.507 e. The van der Waals surface area contributed by atoms with Crippen LogP contribution in [0.3, 0.4) is 0 Å². The number of rotatable bonds is 0. The van der Waals surface area contributed by atoms with E-state index in [1.54, 1.807) is 0 Å². The molecule has 1 aliphatic rings. The van der Waals surface area contributed by atoms with Crippen LogP contribution in [-0.2, 0) is 0 Å². The molecule has 0 saturated carbocycles. The molecule has 1 aromatic carbocycles. The Kier molecular flexibility index (Phi) is 1.77. The summed E-state index contributed by atoms with van der Waals surface area (Å²) >= 11 is 0. The first-order valence-electron chi connectivity index (χ1n) is 4.22. The van der Waals surface area contributed by atoms with Gasteiger partial charge in [-0.1, -0.05) is 0 Å². The van der Waals surface area contributed by atoms with Gasteiger partial charge in [-0.3, -0.25) is 9.59 Å². The number of aromatic hydroxyl groups is 2. The van der Waals surface area contributed by atoms with Gasteiger partial charge >= 0.3 is 0 Å². The Bertz CT molecular complexity index is 393. The smallest absolute Gasteiger partial charge is 0.167 e. The highest BCUT2D eigenvalue weighted by Gasteiger charge is 2.29. The third-order valence-corrected chi connectivity index (χ3v) is 2.30. The van der Waals surface area contributed by atoms with Gasteiger partial charge in [-0.15, -0.1) is 0 Å². The summed E-state index contributed by atoms with van der Waals surface area (Å²) < 4.78 is 0. The molecular weight excluding hydrogens is 184 g/mol. The highest BCUT2D eigenvalue weighted by Crippen LogP contribution is 2.34. The molecule has 2 rings (SSSR count). The number of hydrogen-bond acceptors (Lipinski definition) is 4. The minimum absolute atomic E-state index is 0.0405. The molecule has 0 bridgehead atoms. The van der Waals surface area contributed by atoms with E-state index < -0.39 is 0 Å². The summed E-state index contributed by atoms with van der Waals surface area (Å²) in [6, 6.07) is 2.43. The molecule has 0 amide bonds. The molecule has 0 aromatic heterocycles. The van der Waals surface area contributed by atoms with Crippen molar-refractivity contribution in [2.45, 2.75) is 12.8 Å². The fourth-order valence-corrected chi connectivity index (χ4v) is 1.62. The summed E-state index contributed by atoms with van der Waals surface area (Å²) in [5, 5.41) is 18.8. The maximum absolute atomic E-state index is 11.4. The van der Waals surface area contributed by atoms with Crippen molar-refractivity contribution in [1.82, 2.24) is 0 Å². The normalized spacial score (nSPS) is 15.4. The summed E-state index contributed by atoms with van der Waals surface area (Å²) in [6.07, 6.45) is 0.200. The lowest BCUT2D eigenvalue weighted by atomic mass is 9.88. The highest BCUT2D eigenvalue weighted by molar-refractivity contribution is 6.16. The van der Waals surface area contributed by atoms with Crippen LogP contribution < -0.4 is 0 Å². The lowest BCUT2D eigenvalue weighted by Gasteiger charge is -2.15. The van der Waals surface area contributed by atoms with Gasteiger partial charge in [-0.05, 0) is 12.1 Å². The number of carbonyl (C=O) groups is 2. The van der Waals surface area contributed by atoms with Crippen LogP contribution in [0.1, 0.15) is 33.6 Å². The second kappa shape index (κ2) is 2.83. The Morgan fingerprint density at radius 1 is 0.857 bits per heavy atom. The molecule has 0 heterocycles. The van der Waals surface area contributed by atoms with Crippen LogP contribution in [0.4, 0.5) is 0 Å². The molecule has 0 spiro atoms. The van der Waals surface area contributed by atoms with Crippen LogP contribution in [-0.4, -0.2) is 21.8 Å². The van der Waals surface area contributed by atoms with Crippen LogP contribution in [0.2, 0.25) is 0 Å². The Labute approximate surface area is 79.8 Å². The zero-order valence-electron chi connectivity index (χ0n) is 7.28. The standard InChI is InChI=1S/C10H8O4/c11-5-1-2-6(12)10-8(14)4-3-7(13)9(5)10/h1-2,11-12H,3-4H2. The fraction of sp³-hybridized carbons (Fsp3) is 0.200. The molecule has 0 saturated heterocycles. The lowest BCUT2D eigenvalue weighted by Crippen LogP contribution is -2.17. The number of carbonyl (C=O) groups excluding carboxylic acids is 2. The van der Waals surface area contributed by atoms with Crippen molar-refractivity contribution < 1.29 is 19.8 Å². The lowest BCUT2D eigenvalue weighted by molar-refractivity contribution is 0.0885. The predicted octanol–water partition coefficient (Wildman–Crippen LogP) is 1.26. The SMILES string of the molecule is O=C1CCC(=O)c2c(O)ccc(O)c21. The highest BCUT2D eigenvalue weighted by atomic mass is 16.3. The number of ketones is 2. The van der Waals surface area contributed by atoms with Crippen molar-refractivity contribution in [3.8, 4) is 11.5 Å². The Hall–Kier alpha value is -1.84. The van der Waals surface area contributed by atoms with Crippen LogP contribution in [0.15, 0.2) is 12.1 Å². The molecule has 0 fully saturated rings. The average molecular weight is 192 g/mol. The molecule has 72 valence electrons. The van der Waals surface area contributed by atoms with Crippen LogP contribution in [0, 0.1) is 0 Å². The van der Waals surface area contributed by atoms with E-state index in [-0.39, 0.29) is 47.0 Å². The number of Topliss-reactive ketones (excluding diaryl/α,β-unsaturated/α-hetero) is 2. The molecule has 0 atom stereocenters. The third kappa shape index (κ3) is 1.08. The van der Waals surface area contributed by atoms with Crippen molar-refractivity contribution in [1.29, 1.82) is 0 Å². The number of hydrogen-bond donors (Lipinski definition) is 2. The topological polar surface area (TPSA) is 74.6 Å². The average Bonchev–Trinajstić information content (AvgIpc) is 2.16. The van der Waals surface area contributed by atoms with Crippen LogP contribution in [0.5, 0.6) is 11.5 Å². The number of benzene rings is 1. The number of phenolic OH excluding ortho intramolecular Hbond substituents is 2. The van der Waals surface area contributed by atoms with Crippen LogP contribution in [0.25, 0.3) is 0 Å². The first-order valence-corrected chi connectivity index (χ1v) is 4.22. The molecule has 0 unspecified atom stereocenters. The molecule has 0 aliphatic heterocycles. The van der Waals surface area contributed by atoms with E-state index in [1.165, 1.54) is 12.1 Å². The molecular formula is C10H8O4. The number of fused-ring (bicyclic) bond motifs is 1. The summed E-state index contributed by atoms with van der Waals surface area (Å²) in [4.78, 5) is 22.8. The van der Waals surface area contributed by atoms with Gasteiger partial charge in [0, 0.05) is 12.8 Å². The van der Waals surface area contributed by atoms with E-state index in [9.17, 15) is 19.8 Å². The molecule has 4 heteroatoms. The molecule has 0 radical (unpaired) electrons. The zero-order valence-corrected chi connectivity index (χ0v) is 7.28. The van der Waals surface area contributed by atoms with Gasteiger partial charge in [0.2, 0.25) is 0 Å². The van der Waals surface area contributed by atoms with Crippen molar-refractivity contribution in [3.63, 3.8) is 0 Å². The van der Waals surface area contributed by atoms with Crippen LogP contribution >= 0.6 is 0 Å². The first-order chi connectivity index (χ1) is 6.61. The van der Waals surface area contributed by atoms with Crippen molar-refractivity contribution in [3.05, 3.63) is 23.3 Å². The summed E-state index contributed by atoms with van der Waals surface area (Å²) in [5.74, 6) is -1.08. The van der Waals surface area contributed by atoms with Crippen molar-refractivity contribution in [2.24, 2.45) is 0 Å². The maximum atomic E-state index is 11.4. The molecule has 1 aliphatic carbocycles. The van der Waals surface area contributed by atoms with E-state index in [4.69, 9.17) is 0 Å². The maximum Gasteiger partial charge on any atom is 0.167 e.